The van der Waals surface area contributed by atoms with Crippen molar-refractivity contribution in [2.75, 3.05) is 6.61 Å². The summed E-state index contributed by atoms with van der Waals surface area (Å²) in [6, 6.07) is 6.50. The molecule has 1 rings (SSSR count). The van der Waals surface area contributed by atoms with Gasteiger partial charge >= 0.3 is 5.97 Å². The van der Waals surface area contributed by atoms with E-state index in [2.05, 4.69) is 5.32 Å². The van der Waals surface area contributed by atoms with Crippen molar-refractivity contribution in [1.29, 1.82) is 0 Å². The van der Waals surface area contributed by atoms with E-state index in [4.69, 9.17) is 10.2 Å². The topological polar surface area (TPSA) is 86.6 Å². The molecule has 0 aromatic heterocycles. The van der Waals surface area contributed by atoms with E-state index in [9.17, 15) is 9.59 Å². The Morgan fingerprint density at radius 3 is 2.47 bits per heavy atom. The van der Waals surface area contributed by atoms with Gasteiger partial charge in [0.2, 0.25) is 5.91 Å². The minimum absolute atomic E-state index is 0.0144. The number of nitrogens with one attached hydrogen (secondary N) is 1. The third-order valence-corrected chi connectivity index (χ3v) is 2.54. The zero-order valence-electron chi connectivity index (χ0n) is 10.7. The summed E-state index contributed by atoms with van der Waals surface area (Å²) in [6.45, 7) is 1.67. The van der Waals surface area contributed by atoms with Crippen molar-refractivity contribution in [3.05, 3.63) is 41.5 Å². The molecule has 0 saturated carbocycles. The number of aliphatic hydroxyl groups excluding tert-OH is 1. The molecule has 0 spiro atoms. The summed E-state index contributed by atoms with van der Waals surface area (Å²) in [5.41, 5.74) is 1.98. The van der Waals surface area contributed by atoms with Gasteiger partial charge in [0, 0.05) is 19.1 Å². The van der Waals surface area contributed by atoms with E-state index in [1.54, 1.807) is 6.08 Å². The predicted octanol–water partition coefficient (Wildman–Crippen LogP) is 0.960. The zero-order chi connectivity index (χ0) is 14.3. The highest BCUT2D eigenvalue weighted by atomic mass is 16.4. The molecule has 0 aliphatic heterocycles. The molecule has 0 aliphatic carbocycles. The van der Waals surface area contributed by atoms with Gasteiger partial charge in [0.15, 0.2) is 0 Å². The van der Waals surface area contributed by atoms with Crippen LogP contribution in [0, 0.1) is 6.92 Å². The van der Waals surface area contributed by atoms with Crippen molar-refractivity contribution in [3.63, 3.8) is 0 Å². The number of amides is 1. The first-order chi connectivity index (χ1) is 9.02. The Morgan fingerprint density at radius 2 is 1.95 bits per heavy atom. The first-order valence-electron chi connectivity index (χ1n) is 5.92. The Labute approximate surface area is 111 Å². The van der Waals surface area contributed by atoms with E-state index >= 15 is 0 Å². The lowest BCUT2D eigenvalue weighted by atomic mass is 10.1. The summed E-state index contributed by atoms with van der Waals surface area (Å²) in [6.07, 6.45) is 2.87. The third-order valence-electron chi connectivity index (χ3n) is 2.54. The number of carboxylic acids is 1. The molecule has 0 heterocycles. The van der Waals surface area contributed by atoms with Crippen molar-refractivity contribution in [3.8, 4) is 0 Å². The van der Waals surface area contributed by atoms with Crippen molar-refractivity contribution in [2.24, 2.45) is 0 Å². The lowest BCUT2D eigenvalue weighted by Gasteiger charge is -2.11. The molecule has 19 heavy (non-hydrogen) atoms. The van der Waals surface area contributed by atoms with Gasteiger partial charge in [0.1, 0.15) is 6.04 Å². The lowest BCUT2D eigenvalue weighted by molar-refractivity contribution is -0.141. The van der Waals surface area contributed by atoms with Crippen LogP contribution in [0.5, 0.6) is 0 Å². The Bertz CT molecular complexity index is 465. The van der Waals surface area contributed by atoms with Gasteiger partial charge in [-0.25, -0.2) is 4.79 Å². The minimum Gasteiger partial charge on any atom is -0.480 e. The molecule has 0 aliphatic rings. The lowest BCUT2D eigenvalue weighted by Crippen LogP contribution is -2.40. The average Bonchev–Trinajstić information content (AvgIpc) is 2.37. The van der Waals surface area contributed by atoms with Crippen LogP contribution < -0.4 is 5.32 Å². The quantitative estimate of drug-likeness (QED) is 0.667. The molecule has 1 amide bonds. The number of aliphatic hydroxyl groups is 1. The molecule has 5 heteroatoms. The normalized spacial score (nSPS) is 12.3. The van der Waals surface area contributed by atoms with Crippen molar-refractivity contribution < 1.29 is 19.8 Å². The van der Waals surface area contributed by atoms with E-state index in [-0.39, 0.29) is 13.0 Å². The van der Waals surface area contributed by atoms with Gasteiger partial charge in [-0.05, 0) is 18.6 Å². The molecule has 102 valence electrons. The second-order valence-corrected chi connectivity index (χ2v) is 4.16. The van der Waals surface area contributed by atoms with Gasteiger partial charge in [-0.15, -0.1) is 0 Å². The molecular weight excluding hydrogens is 246 g/mol. The molecule has 1 atom stereocenters. The highest BCUT2D eigenvalue weighted by Gasteiger charge is 2.17. The fraction of sp³-hybridized carbons (Fsp3) is 0.286. The van der Waals surface area contributed by atoms with Gasteiger partial charge in [0.25, 0.3) is 0 Å². The van der Waals surface area contributed by atoms with Crippen LogP contribution in [0.1, 0.15) is 17.5 Å². The van der Waals surface area contributed by atoms with Crippen molar-refractivity contribution >= 4 is 18.0 Å². The van der Waals surface area contributed by atoms with Crippen LogP contribution >= 0.6 is 0 Å². The zero-order valence-corrected chi connectivity index (χ0v) is 10.7. The summed E-state index contributed by atoms with van der Waals surface area (Å²) in [7, 11) is 0. The maximum absolute atomic E-state index is 11.5. The van der Waals surface area contributed by atoms with Crippen molar-refractivity contribution in [2.45, 2.75) is 19.4 Å². The number of hydrogen-bond donors (Lipinski definition) is 3. The van der Waals surface area contributed by atoms with Crippen LogP contribution in [-0.2, 0) is 9.59 Å². The summed E-state index contributed by atoms with van der Waals surface area (Å²) in [5.74, 6) is -1.66. The number of aryl methyl sites for hydroxylation is 1. The Balaban J connectivity index is 2.58. The van der Waals surface area contributed by atoms with Gasteiger partial charge in [-0.1, -0.05) is 29.8 Å². The second-order valence-electron chi connectivity index (χ2n) is 4.16. The third kappa shape index (κ3) is 5.35. The largest absolute Gasteiger partial charge is 0.480 e. The first-order valence-corrected chi connectivity index (χ1v) is 5.92. The van der Waals surface area contributed by atoms with Gasteiger partial charge < -0.3 is 15.5 Å². The summed E-state index contributed by atoms with van der Waals surface area (Å²) >= 11 is 0. The molecule has 0 fully saturated rings. The molecule has 0 bridgehead atoms. The Hall–Kier alpha value is -2.14. The van der Waals surface area contributed by atoms with E-state index in [0.717, 1.165) is 11.1 Å². The SMILES string of the molecule is Cc1ccc(/C=C/C(=O)N[C@H](CCO)C(=O)O)cc1. The van der Waals surface area contributed by atoms with E-state index in [1.165, 1.54) is 6.08 Å². The maximum atomic E-state index is 11.5. The van der Waals surface area contributed by atoms with Crippen LogP contribution in [0.15, 0.2) is 30.3 Å². The maximum Gasteiger partial charge on any atom is 0.326 e. The van der Waals surface area contributed by atoms with E-state index < -0.39 is 17.9 Å². The molecule has 0 saturated heterocycles. The fourth-order valence-electron chi connectivity index (χ4n) is 1.46. The molecule has 5 nitrogen and oxygen atoms in total. The van der Waals surface area contributed by atoms with Gasteiger partial charge in [-0.3, -0.25) is 4.79 Å². The minimum atomic E-state index is -1.16. The van der Waals surface area contributed by atoms with Crippen molar-refractivity contribution in [1.82, 2.24) is 5.32 Å². The smallest absolute Gasteiger partial charge is 0.326 e. The number of carbonyl (C=O) groups is 2. The summed E-state index contributed by atoms with van der Waals surface area (Å²) in [4.78, 5) is 22.3. The van der Waals surface area contributed by atoms with Crippen LogP contribution in [0.25, 0.3) is 6.08 Å². The van der Waals surface area contributed by atoms with E-state index in [0.29, 0.717) is 0 Å². The molecule has 3 N–H and O–H groups in total. The van der Waals surface area contributed by atoms with E-state index in [1.807, 2.05) is 31.2 Å². The number of rotatable bonds is 6. The van der Waals surface area contributed by atoms with Crippen LogP contribution in [0.3, 0.4) is 0 Å². The molecular formula is C14H17NO4. The van der Waals surface area contributed by atoms with Gasteiger partial charge in [0.05, 0.1) is 0 Å². The summed E-state index contributed by atoms with van der Waals surface area (Å²) in [5, 5.41) is 19.8. The molecule has 1 aromatic rings. The molecule has 1 aromatic carbocycles. The number of aliphatic carboxylic acids is 1. The molecule has 0 unspecified atom stereocenters. The second kappa shape index (κ2) is 7.33. The fourth-order valence-corrected chi connectivity index (χ4v) is 1.46. The molecule has 0 radical (unpaired) electrons. The first kappa shape index (κ1) is 14.9. The Kier molecular flexibility index (Phi) is 5.75. The van der Waals surface area contributed by atoms with Crippen LogP contribution in [-0.4, -0.2) is 34.7 Å². The number of benzene rings is 1. The highest BCUT2D eigenvalue weighted by Crippen LogP contribution is 2.04. The van der Waals surface area contributed by atoms with Crippen LogP contribution in [0.2, 0.25) is 0 Å². The summed E-state index contributed by atoms with van der Waals surface area (Å²) < 4.78 is 0. The Morgan fingerprint density at radius 1 is 1.32 bits per heavy atom. The van der Waals surface area contributed by atoms with Crippen LogP contribution in [0.4, 0.5) is 0 Å². The monoisotopic (exact) mass is 263 g/mol. The number of carboxylic acid groups (broad SMARTS) is 1. The number of hydrogen-bond acceptors (Lipinski definition) is 3. The van der Waals surface area contributed by atoms with Gasteiger partial charge in [-0.2, -0.15) is 0 Å². The standard InChI is InChI=1S/C14H17NO4/c1-10-2-4-11(5-3-10)6-7-13(17)15-12(8-9-16)14(18)19/h2-7,12,16H,8-9H2,1H3,(H,15,17)(H,18,19)/b7-6+/t12-/m1/s1. The predicted molar refractivity (Wildman–Crippen MR) is 71.5 cm³/mol. The number of carbonyl (C=O) groups excluding carboxylic acids is 1. The average molecular weight is 263 g/mol. The highest BCUT2D eigenvalue weighted by molar-refractivity contribution is 5.94.